The van der Waals surface area contributed by atoms with Gasteiger partial charge in [-0.05, 0) is 14.1 Å². The molecule has 0 aromatic rings. The first kappa shape index (κ1) is 15.0. The molecule has 1 fully saturated rings. The van der Waals surface area contributed by atoms with Crippen LogP contribution in [0.2, 0.25) is 0 Å². The van der Waals surface area contributed by atoms with E-state index in [1.807, 2.05) is 0 Å². The topological polar surface area (TPSA) is 44.8 Å². The van der Waals surface area contributed by atoms with Gasteiger partial charge in [0.15, 0.2) is 0 Å². The standard InChI is InChI=1S/C10H18F3N3O2/c1-14-3-6-18-9(17)16-5-4-15(2)8(7-16)10(11,12)13/h8,14H,3-7H2,1-2H3. The molecule has 1 heterocycles. The van der Waals surface area contributed by atoms with Crippen LogP contribution in [0.4, 0.5) is 18.0 Å². The van der Waals surface area contributed by atoms with Gasteiger partial charge in [-0.1, -0.05) is 0 Å². The first-order chi connectivity index (χ1) is 8.36. The maximum Gasteiger partial charge on any atom is 0.409 e. The molecule has 1 saturated heterocycles. The summed E-state index contributed by atoms with van der Waals surface area (Å²) in [6.07, 6.45) is -5.02. The number of carbonyl (C=O) groups is 1. The van der Waals surface area contributed by atoms with Crippen molar-refractivity contribution in [3.8, 4) is 0 Å². The van der Waals surface area contributed by atoms with Crippen molar-refractivity contribution < 1.29 is 22.7 Å². The molecule has 1 N–H and O–H groups in total. The van der Waals surface area contributed by atoms with Gasteiger partial charge in [0.2, 0.25) is 0 Å². The molecule has 18 heavy (non-hydrogen) atoms. The molecule has 0 aliphatic carbocycles. The second kappa shape index (κ2) is 6.24. The molecular weight excluding hydrogens is 251 g/mol. The third kappa shape index (κ3) is 4.02. The zero-order valence-electron chi connectivity index (χ0n) is 10.5. The number of alkyl halides is 3. The smallest absolute Gasteiger partial charge is 0.409 e. The van der Waals surface area contributed by atoms with Crippen LogP contribution in [-0.4, -0.2) is 75.0 Å². The van der Waals surface area contributed by atoms with Crippen molar-refractivity contribution in [3.63, 3.8) is 0 Å². The summed E-state index contributed by atoms with van der Waals surface area (Å²) in [5.41, 5.74) is 0. The quantitative estimate of drug-likeness (QED) is 0.759. The molecule has 5 nitrogen and oxygen atoms in total. The predicted molar refractivity (Wildman–Crippen MR) is 59.3 cm³/mol. The summed E-state index contributed by atoms with van der Waals surface area (Å²) in [5, 5.41) is 2.78. The summed E-state index contributed by atoms with van der Waals surface area (Å²) in [6.45, 7) is 0.686. The number of rotatable bonds is 3. The molecule has 0 aromatic carbocycles. The molecule has 1 rings (SSSR count). The van der Waals surface area contributed by atoms with Crippen molar-refractivity contribution in [2.45, 2.75) is 12.2 Å². The van der Waals surface area contributed by atoms with Crippen molar-refractivity contribution in [1.29, 1.82) is 0 Å². The normalized spacial score (nSPS) is 22.1. The number of likely N-dealkylation sites (N-methyl/N-ethyl adjacent to an activating group) is 2. The SMILES string of the molecule is CNCCOC(=O)N1CCN(C)C(C(F)(F)F)C1. The minimum atomic E-state index is -4.33. The molecule has 0 spiro atoms. The summed E-state index contributed by atoms with van der Waals surface area (Å²) in [5.74, 6) is 0. The zero-order chi connectivity index (χ0) is 13.8. The second-order valence-electron chi connectivity index (χ2n) is 4.20. The Balaban J connectivity index is 2.51. The summed E-state index contributed by atoms with van der Waals surface area (Å²) >= 11 is 0. The van der Waals surface area contributed by atoms with Crippen LogP contribution in [0.3, 0.4) is 0 Å². The Kier molecular flexibility index (Phi) is 5.21. The molecule has 0 radical (unpaired) electrons. The number of nitrogens with zero attached hydrogens (tertiary/aromatic N) is 2. The van der Waals surface area contributed by atoms with Gasteiger partial charge in [-0.3, -0.25) is 4.90 Å². The summed E-state index contributed by atoms with van der Waals surface area (Å²) < 4.78 is 43.0. The zero-order valence-corrected chi connectivity index (χ0v) is 10.5. The van der Waals surface area contributed by atoms with Crippen LogP contribution >= 0.6 is 0 Å². The molecule has 8 heteroatoms. The van der Waals surface area contributed by atoms with E-state index in [4.69, 9.17) is 4.74 Å². The minimum Gasteiger partial charge on any atom is -0.448 e. The van der Waals surface area contributed by atoms with Gasteiger partial charge >= 0.3 is 12.3 Å². The Morgan fingerprint density at radius 2 is 2.11 bits per heavy atom. The fourth-order valence-electron chi connectivity index (χ4n) is 1.72. The van der Waals surface area contributed by atoms with Crippen molar-refractivity contribution in [2.24, 2.45) is 0 Å². The molecule has 1 amide bonds. The lowest BCUT2D eigenvalue weighted by Gasteiger charge is -2.39. The largest absolute Gasteiger partial charge is 0.448 e. The van der Waals surface area contributed by atoms with E-state index >= 15 is 0 Å². The van der Waals surface area contributed by atoms with Crippen molar-refractivity contribution in [3.05, 3.63) is 0 Å². The van der Waals surface area contributed by atoms with Crippen molar-refractivity contribution in [2.75, 3.05) is 46.9 Å². The van der Waals surface area contributed by atoms with E-state index in [1.54, 1.807) is 7.05 Å². The highest BCUT2D eigenvalue weighted by atomic mass is 19.4. The lowest BCUT2D eigenvalue weighted by atomic mass is 10.2. The minimum absolute atomic E-state index is 0.151. The number of piperazine rings is 1. The number of carbonyl (C=O) groups excluding carboxylic acids is 1. The number of hydrogen-bond acceptors (Lipinski definition) is 4. The van der Waals surface area contributed by atoms with Gasteiger partial charge in [-0.15, -0.1) is 0 Å². The summed E-state index contributed by atoms with van der Waals surface area (Å²) in [4.78, 5) is 13.9. The van der Waals surface area contributed by atoms with Gasteiger partial charge in [0.05, 0.1) is 0 Å². The molecule has 1 aliphatic heterocycles. The molecule has 106 valence electrons. The Labute approximate surface area is 104 Å². The van der Waals surface area contributed by atoms with E-state index in [2.05, 4.69) is 5.32 Å². The number of ether oxygens (including phenoxy) is 1. The first-order valence-electron chi connectivity index (χ1n) is 5.69. The molecule has 0 saturated carbocycles. The molecule has 1 atom stereocenters. The third-order valence-electron chi connectivity index (χ3n) is 2.86. The van der Waals surface area contributed by atoms with Gasteiger partial charge in [-0.25, -0.2) is 4.79 Å². The fourth-order valence-corrected chi connectivity index (χ4v) is 1.72. The summed E-state index contributed by atoms with van der Waals surface area (Å²) in [6, 6.07) is -1.62. The fraction of sp³-hybridized carbons (Fsp3) is 0.900. The number of amides is 1. The van der Waals surface area contributed by atoms with E-state index < -0.39 is 18.3 Å². The molecule has 1 unspecified atom stereocenters. The highest BCUT2D eigenvalue weighted by Gasteiger charge is 2.46. The number of hydrogen-bond donors (Lipinski definition) is 1. The maximum absolute atomic E-state index is 12.7. The molecular formula is C10H18F3N3O2. The van der Waals surface area contributed by atoms with Gasteiger partial charge in [0.1, 0.15) is 12.6 Å². The average molecular weight is 269 g/mol. The van der Waals surface area contributed by atoms with Crippen LogP contribution in [0, 0.1) is 0 Å². The molecule has 0 aromatic heterocycles. The Hall–Kier alpha value is -1.02. The van der Waals surface area contributed by atoms with Gasteiger partial charge in [0, 0.05) is 26.2 Å². The van der Waals surface area contributed by atoms with Gasteiger partial charge < -0.3 is 15.0 Å². The van der Waals surface area contributed by atoms with Gasteiger partial charge in [0.25, 0.3) is 0 Å². The summed E-state index contributed by atoms with van der Waals surface area (Å²) in [7, 11) is 3.10. The van der Waals surface area contributed by atoms with Crippen LogP contribution in [0.1, 0.15) is 0 Å². The van der Waals surface area contributed by atoms with Gasteiger partial charge in [-0.2, -0.15) is 13.2 Å². The highest BCUT2D eigenvalue weighted by Crippen LogP contribution is 2.27. The van der Waals surface area contributed by atoms with Crippen molar-refractivity contribution in [1.82, 2.24) is 15.1 Å². The predicted octanol–water partition coefficient (Wildman–Crippen LogP) is 0.521. The van der Waals surface area contributed by atoms with E-state index in [1.165, 1.54) is 11.9 Å². The Morgan fingerprint density at radius 3 is 2.67 bits per heavy atom. The molecule has 0 bridgehead atoms. The van der Waals surface area contributed by atoms with Crippen LogP contribution in [-0.2, 0) is 4.74 Å². The van der Waals surface area contributed by atoms with E-state index in [0.29, 0.717) is 6.54 Å². The monoisotopic (exact) mass is 269 g/mol. The van der Waals surface area contributed by atoms with Crippen LogP contribution in [0.15, 0.2) is 0 Å². The molecule has 1 aliphatic rings. The van der Waals surface area contributed by atoms with Crippen LogP contribution in [0.5, 0.6) is 0 Å². The maximum atomic E-state index is 12.7. The number of halogens is 3. The van der Waals surface area contributed by atoms with E-state index in [-0.39, 0.29) is 26.2 Å². The van der Waals surface area contributed by atoms with Crippen molar-refractivity contribution >= 4 is 6.09 Å². The average Bonchev–Trinajstić information content (AvgIpc) is 2.28. The highest BCUT2D eigenvalue weighted by molar-refractivity contribution is 5.67. The lowest BCUT2D eigenvalue weighted by Crippen LogP contribution is -2.58. The first-order valence-corrected chi connectivity index (χ1v) is 5.69. The third-order valence-corrected chi connectivity index (χ3v) is 2.86. The Morgan fingerprint density at radius 1 is 1.44 bits per heavy atom. The number of nitrogens with one attached hydrogen (secondary N) is 1. The second-order valence-corrected chi connectivity index (χ2v) is 4.20. The van der Waals surface area contributed by atoms with E-state index in [0.717, 1.165) is 4.90 Å². The van der Waals surface area contributed by atoms with Crippen LogP contribution in [0.25, 0.3) is 0 Å². The van der Waals surface area contributed by atoms with Crippen LogP contribution < -0.4 is 5.32 Å². The van der Waals surface area contributed by atoms with E-state index in [9.17, 15) is 18.0 Å². The lowest BCUT2D eigenvalue weighted by molar-refractivity contribution is -0.190. The Bertz CT molecular complexity index is 286.